The Balaban J connectivity index is 1.84. The summed E-state index contributed by atoms with van der Waals surface area (Å²) in [6.07, 6.45) is 0.360. The Morgan fingerprint density at radius 1 is 1.19 bits per heavy atom. The maximum absolute atomic E-state index is 5.89. The van der Waals surface area contributed by atoms with Gasteiger partial charge in [0.15, 0.2) is 0 Å². The van der Waals surface area contributed by atoms with Crippen LogP contribution in [0.5, 0.6) is 5.75 Å². The average Bonchev–Trinajstić information content (AvgIpc) is 2.11. The first-order chi connectivity index (χ1) is 7.45. The Morgan fingerprint density at radius 2 is 1.75 bits per heavy atom. The summed E-state index contributed by atoms with van der Waals surface area (Å²) in [5, 5.41) is 0. The van der Waals surface area contributed by atoms with Crippen LogP contribution in [-0.4, -0.2) is 29.6 Å². The molecule has 1 aromatic rings. The molecular weight excluding hydrogens is 313 g/mol. The van der Waals surface area contributed by atoms with E-state index in [1.165, 1.54) is 3.57 Å². The van der Waals surface area contributed by atoms with Gasteiger partial charge in [0, 0.05) is 22.2 Å². The minimum atomic E-state index is 0.270. The van der Waals surface area contributed by atoms with Crippen molar-refractivity contribution in [2.24, 2.45) is 0 Å². The van der Waals surface area contributed by atoms with Gasteiger partial charge in [-0.3, -0.25) is 4.90 Å². The predicted molar refractivity (Wildman–Crippen MR) is 74.9 cm³/mol. The van der Waals surface area contributed by atoms with Crippen LogP contribution in [0.25, 0.3) is 0 Å². The third-order valence-electron chi connectivity index (χ3n) is 2.91. The molecule has 0 radical (unpaired) electrons. The van der Waals surface area contributed by atoms with Gasteiger partial charge in [0.05, 0.1) is 0 Å². The van der Waals surface area contributed by atoms with Crippen LogP contribution < -0.4 is 4.74 Å². The minimum absolute atomic E-state index is 0.270. The first-order valence-electron chi connectivity index (χ1n) is 5.62. The fourth-order valence-electron chi connectivity index (χ4n) is 1.77. The third-order valence-corrected chi connectivity index (χ3v) is 3.63. The Morgan fingerprint density at radius 3 is 2.25 bits per heavy atom. The van der Waals surface area contributed by atoms with Crippen molar-refractivity contribution in [1.29, 1.82) is 0 Å². The summed E-state index contributed by atoms with van der Waals surface area (Å²) < 4.78 is 7.13. The van der Waals surface area contributed by atoms with Crippen molar-refractivity contribution in [3.63, 3.8) is 0 Å². The van der Waals surface area contributed by atoms with Gasteiger partial charge in [-0.05, 0) is 67.6 Å². The van der Waals surface area contributed by atoms with E-state index >= 15 is 0 Å². The maximum Gasteiger partial charge on any atom is 0.124 e. The number of rotatable bonds is 2. The van der Waals surface area contributed by atoms with Gasteiger partial charge in [0.25, 0.3) is 0 Å². The third kappa shape index (κ3) is 2.88. The number of nitrogens with zero attached hydrogens (tertiary/aromatic N) is 1. The van der Waals surface area contributed by atoms with E-state index in [4.69, 9.17) is 4.74 Å². The fraction of sp³-hybridized carbons (Fsp3) is 0.538. The van der Waals surface area contributed by atoms with E-state index in [2.05, 4.69) is 60.4 Å². The molecule has 16 heavy (non-hydrogen) atoms. The first-order valence-corrected chi connectivity index (χ1v) is 6.70. The van der Waals surface area contributed by atoms with Crippen molar-refractivity contribution in [2.45, 2.75) is 32.4 Å². The zero-order chi connectivity index (χ0) is 11.8. The number of halogens is 1. The SMILES string of the molecule is CC(C)(C)N1CC(Oc2ccc(I)cc2)C1. The van der Waals surface area contributed by atoms with Crippen molar-refractivity contribution in [1.82, 2.24) is 4.90 Å². The molecule has 88 valence electrons. The lowest BCUT2D eigenvalue weighted by molar-refractivity contribution is -0.0349. The van der Waals surface area contributed by atoms with E-state index in [9.17, 15) is 0 Å². The molecule has 0 atom stereocenters. The summed E-state index contributed by atoms with van der Waals surface area (Å²) >= 11 is 2.30. The van der Waals surface area contributed by atoms with Crippen LogP contribution >= 0.6 is 22.6 Å². The molecule has 1 aromatic carbocycles. The molecule has 1 fully saturated rings. The van der Waals surface area contributed by atoms with Crippen molar-refractivity contribution in [3.8, 4) is 5.75 Å². The Bertz CT molecular complexity index is 349. The van der Waals surface area contributed by atoms with Gasteiger partial charge >= 0.3 is 0 Å². The van der Waals surface area contributed by atoms with E-state index in [1.54, 1.807) is 0 Å². The molecule has 0 saturated carbocycles. The number of likely N-dealkylation sites (tertiary alicyclic amines) is 1. The second-order valence-corrected chi connectivity index (χ2v) is 6.52. The average molecular weight is 331 g/mol. The van der Waals surface area contributed by atoms with Gasteiger partial charge in [-0.15, -0.1) is 0 Å². The van der Waals surface area contributed by atoms with E-state index < -0.39 is 0 Å². The van der Waals surface area contributed by atoms with Crippen LogP contribution in [0.15, 0.2) is 24.3 Å². The van der Waals surface area contributed by atoms with Crippen LogP contribution in [-0.2, 0) is 0 Å². The quantitative estimate of drug-likeness (QED) is 0.772. The minimum Gasteiger partial charge on any atom is -0.488 e. The molecule has 0 aromatic heterocycles. The lowest BCUT2D eigenvalue weighted by Gasteiger charge is -2.47. The van der Waals surface area contributed by atoms with E-state index in [0.29, 0.717) is 6.10 Å². The summed E-state index contributed by atoms with van der Waals surface area (Å²) in [7, 11) is 0. The van der Waals surface area contributed by atoms with Crippen LogP contribution in [0, 0.1) is 3.57 Å². The largest absolute Gasteiger partial charge is 0.488 e. The van der Waals surface area contributed by atoms with Crippen LogP contribution in [0.3, 0.4) is 0 Å². The van der Waals surface area contributed by atoms with Gasteiger partial charge in [-0.25, -0.2) is 0 Å². The number of hydrogen-bond acceptors (Lipinski definition) is 2. The highest BCUT2D eigenvalue weighted by Gasteiger charge is 2.35. The molecule has 0 amide bonds. The van der Waals surface area contributed by atoms with Gasteiger partial charge < -0.3 is 4.74 Å². The standard InChI is InChI=1S/C13H18INO/c1-13(2,3)15-8-12(9-15)16-11-6-4-10(14)5-7-11/h4-7,12H,8-9H2,1-3H3. The zero-order valence-corrected chi connectivity index (χ0v) is 12.2. The van der Waals surface area contributed by atoms with Gasteiger partial charge in [0.2, 0.25) is 0 Å². The molecule has 3 heteroatoms. The molecular formula is C13H18INO. The molecule has 0 N–H and O–H groups in total. The molecule has 1 aliphatic rings. The lowest BCUT2D eigenvalue weighted by Crippen LogP contribution is -2.60. The number of hydrogen-bond donors (Lipinski definition) is 0. The Labute approximate surface area is 111 Å². The molecule has 2 nitrogen and oxygen atoms in total. The van der Waals surface area contributed by atoms with Crippen LogP contribution in [0.1, 0.15) is 20.8 Å². The lowest BCUT2D eigenvalue weighted by atomic mass is 9.99. The zero-order valence-electron chi connectivity index (χ0n) is 10.0. The second kappa shape index (κ2) is 4.53. The predicted octanol–water partition coefficient (Wildman–Crippen LogP) is 3.15. The molecule has 0 spiro atoms. The van der Waals surface area contributed by atoms with E-state index in [-0.39, 0.29) is 5.54 Å². The van der Waals surface area contributed by atoms with Gasteiger partial charge in [-0.2, -0.15) is 0 Å². The summed E-state index contributed by atoms with van der Waals surface area (Å²) in [6, 6.07) is 8.25. The highest BCUT2D eigenvalue weighted by molar-refractivity contribution is 14.1. The normalized spacial score (nSPS) is 18.2. The Kier molecular flexibility index (Phi) is 3.45. The highest BCUT2D eigenvalue weighted by atomic mass is 127. The van der Waals surface area contributed by atoms with E-state index in [1.807, 2.05) is 12.1 Å². The summed E-state index contributed by atoms with van der Waals surface area (Å²) in [6.45, 7) is 8.81. The smallest absolute Gasteiger partial charge is 0.124 e. The van der Waals surface area contributed by atoms with E-state index in [0.717, 1.165) is 18.8 Å². The molecule has 0 unspecified atom stereocenters. The Hall–Kier alpha value is -0.290. The van der Waals surface area contributed by atoms with Gasteiger partial charge in [-0.1, -0.05) is 0 Å². The number of ether oxygens (including phenoxy) is 1. The summed E-state index contributed by atoms with van der Waals surface area (Å²) in [5.74, 6) is 0.985. The first kappa shape index (κ1) is 12.2. The topological polar surface area (TPSA) is 12.5 Å². The van der Waals surface area contributed by atoms with Crippen molar-refractivity contribution in [2.75, 3.05) is 13.1 Å². The molecule has 0 bridgehead atoms. The number of benzene rings is 1. The fourth-order valence-corrected chi connectivity index (χ4v) is 2.13. The summed E-state index contributed by atoms with van der Waals surface area (Å²) in [4.78, 5) is 2.43. The molecule has 2 rings (SSSR count). The molecule has 1 heterocycles. The van der Waals surface area contributed by atoms with Gasteiger partial charge in [0.1, 0.15) is 11.9 Å². The highest BCUT2D eigenvalue weighted by Crippen LogP contribution is 2.24. The second-order valence-electron chi connectivity index (χ2n) is 5.27. The maximum atomic E-state index is 5.89. The molecule has 1 aliphatic heterocycles. The monoisotopic (exact) mass is 331 g/mol. The van der Waals surface area contributed by atoms with Crippen molar-refractivity contribution < 1.29 is 4.74 Å². The van der Waals surface area contributed by atoms with Crippen molar-refractivity contribution in [3.05, 3.63) is 27.8 Å². The molecule has 0 aliphatic carbocycles. The summed E-state index contributed by atoms with van der Waals surface area (Å²) in [5.41, 5.74) is 0.270. The van der Waals surface area contributed by atoms with Crippen molar-refractivity contribution >= 4 is 22.6 Å². The molecule has 1 saturated heterocycles. The van der Waals surface area contributed by atoms with Crippen LogP contribution in [0.4, 0.5) is 0 Å². The van der Waals surface area contributed by atoms with Crippen LogP contribution in [0.2, 0.25) is 0 Å².